The van der Waals surface area contributed by atoms with Crippen LogP contribution in [-0.4, -0.2) is 67.7 Å². The van der Waals surface area contributed by atoms with Crippen molar-refractivity contribution in [3.63, 3.8) is 0 Å². The Morgan fingerprint density at radius 1 is 1.21 bits per heavy atom. The van der Waals surface area contributed by atoms with Crippen LogP contribution in [0.3, 0.4) is 0 Å². The second-order valence-electron chi connectivity index (χ2n) is 5.05. The third-order valence-corrected chi connectivity index (χ3v) is 5.85. The molecule has 1 aromatic rings. The molecule has 1 saturated heterocycles. The molecule has 0 aliphatic carbocycles. The molecular formula is C16H23NO5S2. The number of nitrogens with zero attached hydrogens (tertiary/aromatic N) is 1. The Bertz CT molecular complexity index is 544. The predicted octanol–water partition coefficient (Wildman–Crippen LogP) is 2.01. The summed E-state index contributed by atoms with van der Waals surface area (Å²) in [5.74, 6) is 3.79. The Balaban J connectivity index is 2.23. The number of amides is 1. The van der Waals surface area contributed by atoms with Crippen molar-refractivity contribution >= 4 is 29.4 Å². The third kappa shape index (κ3) is 4.23. The molecule has 0 bridgehead atoms. The Morgan fingerprint density at radius 3 is 2.42 bits per heavy atom. The number of hydrogen-bond acceptors (Lipinski definition) is 7. The van der Waals surface area contributed by atoms with Crippen molar-refractivity contribution in [2.75, 3.05) is 51.7 Å². The smallest absolute Gasteiger partial charge is 0.233 e. The second kappa shape index (κ2) is 9.29. The van der Waals surface area contributed by atoms with E-state index in [0.29, 0.717) is 35.3 Å². The normalized spacial score (nSPS) is 17.2. The highest BCUT2D eigenvalue weighted by atomic mass is 32.2. The highest BCUT2D eigenvalue weighted by Crippen LogP contribution is 2.45. The van der Waals surface area contributed by atoms with Crippen molar-refractivity contribution < 1.29 is 24.1 Å². The Hall–Kier alpha value is -1.25. The van der Waals surface area contributed by atoms with E-state index in [9.17, 15) is 4.79 Å². The van der Waals surface area contributed by atoms with Gasteiger partial charge in [0, 0.05) is 18.1 Å². The molecule has 6 nitrogen and oxygen atoms in total. The Labute approximate surface area is 150 Å². The van der Waals surface area contributed by atoms with Crippen molar-refractivity contribution in [1.82, 2.24) is 4.90 Å². The second-order valence-corrected chi connectivity index (χ2v) is 7.34. The first kappa shape index (κ1) is 19.1. The van der Waals surface area contributed by atoms with Gasteiger partial charge in [0.05, 0.1) is 33.7 Å². The lowest BCUT2D eigenvalue weighted by atomic mass is 10.1. The summed E-state index contributed by atoms with van der Waals surface area (Å²) in [6, 6.07) is 3.79. The lowest BCUT2D eigenvalue weighted by molar-refractivity contribution is -0.127. The van der Waals surface area contributed by atoms with Crippen LogP contribution < -0.4 is 14.2 Å². The minimum atomic E-state index is -0.0686. The van der Waals surface area contributed by atoms with E-state index in [-0.39, 0.29) is 17.9 Å². The fraction of sp³-hybridized carbons (Fsp3) is 0.562. The van der Waals surface area contributed by atoms with Crippen molar-refractivity contribution in [2.45, 2.75) is 5.37 Å². The highest BCUT2D eigenvalue weighted by Gasteiger charge is 2.33. The van der Waals surface area contributed by atoms with E-state index < -0.39 is 0 Å². The molecule has 1 N–H and O–H groups in total. The highest BCUT2D eigenvalue weighted by molar-refractivity contribution is 8.00. The van der Waals surface area contributed by atoms with Crippen LogP contribution in [0.15, 0.2) is 12.1 Å². The van der Waals surface area contributed by atoms with E-state index in [1.807, 2.05) is 17.0 Å². The van der Waals surface area contributed by atoms with Gasteiger partial charge < -0.3 is 24.2 Å². The molecule has 1 aliphatic rings. The first-order valence-corrected chi connectivity index (χ1v) is 9.76. The first-order chi connectivity index (χ1) is 11.7. The van der Waals surface area contributed by atoms with E-state index >= 15 is 0 Å². The molecule has 24 heavy (non-hydrogen) atoms. The van der Waals surface area contributed by atoms with Crippen molar-refractivity contribution in [1.29, 1.82) is 0 Å². The number of carbonyl (C=O) groups is 1. The van der Waals surface area contributed by atoms with E-state index in [0.717, 1.165) is 11.3 Å². The summed E-state index contributed by atoms with van der Waals surface area (Å²) in [5.41, 5.74) is 0.951. The molecule has 1 amide bonds. The van der Waals surface area contributed by atoms with Gasteiger partial charge in [0.1, 0.15) is 5.37 Å². The van der Waals surface area contributed by atoms with Crippen LogP contribution >= 0.6 is 23.5 Å². The van der Waals surface area contributed by atoms with Gasteiger partial charge in [-0.1, -0.05) is 0 Å². The van der Waals surface area contributed by atoms with Crippen LogP contribution in [0.1, 0.15) is 10.9 Å². The van der Waals surface area contributed by atoms with Gasteiger partial charge in [0.15, 0.2) is 11.5 Å². The largest absolute Gasteiger partial charge is 0.493 e. The molecule has 2 rings (SSSR count). The quantitative estimate of drug-likeness (QED) is 0.664. The number of benzene rings is 1. The first-order valence-electron chi connectivity index (χ1n) is 7.55. The molecule has 8 heteroatoms. The summed E-state index contributed by atoms with van der Waals surface area (Å²) in [6.07, 6.45) is 0. The number of rotatable bonds is 9. The molecule has 0 saturated carbocycles. The van der Waals surface area contributed by atoms with Gasteiger partial charge in [0.25, 0.3) is 0 Å². The average molecular weight is 373 g/mol. The zero-order valence-corrected chi connectivity index (χ0v) is 15.7. The maximum atomic E-state index is 12.2. The zero-order valence-electron chi connectivity index (χ0n) is 14.1. The Kier molecular flexibility index (Phi) is 7.39. The monoisotopic (exact) mass is 373 g/mol. The standard InChI is InChI=1S/C16H23NO5S2/c1-20-12-8-11(9-13(21-2)15(12)22-3)16-17(14(19)10-24-16)4-6-23-7-5-18/h8-9,16,18H,4-7,10H2,1-3H3. The van der Waals surface area contributed by atoms with E-state index in [4.69, 9.17) is 19.3 Å². The summed E-state index contributed by atoms with van der Waals surface area (Å²) in [6.45, 7) is 0.807. The average Bonchev–Trinajstić information content (AvgIpc) is 2.98. The van der Waals surface area contributed by atoms with Gasteiger partial charge in [-0.05, 0) is 17.7 Å². The number of hydrogen-bond donors (Lipinski definition) is 1. The van der Waals surface area contributed by atoms with Crippen LogP contribution in [-0.2, 0) is 4.79 Å². The lowest BCUT2D eigenvalue weighted by Crippen LogP contribution is -2.30. The van der Waals surface area contributed by atoms with Crippen molar-refractivity contribution in [3.05, 3.63) is 17.7 Å². The summed E-state index contributed by atoms with van der Waals surface area (Å²) in [4.78, 5) is 14.1. The number of aliphatic hydroxyl groups excluding tert-OH is 1. The molecule has 1 heterocycles. The number of ether oxygens (including phenoxy) is 3. The minimum absolute atomic E-state index is 0.0686. The summed E-state index contributed by atoms with van der Waals surface area (Å²) >= 11 is 3.23. The van der Waals surface area contributed by atoms with Gasteiger partial charge in [-0.15, -0.1) is 11.8 Å². The number of methoxy groups -OCH3 is 3. The summed E-state index contributed by atoms with van der Waals surface area (Å²) in [7, 11) is 4.73. The topological polar surface area (TPSA) is 68.2 Å². The number of carbonyl (C=O) groups excluding carboxylic acids is 1. The van der Waals surface area contributed by atoms with Gasteiger partial charge in [-0.25, -0.2) is 0 Å². The van der Waals surface area contributed by atoms with Gasteiger partial charge in [-0.2, -0.15) is 11.8 Å². The fourth-order valence-corrected chi connectivity index (χ4v) is 4.40. The zero-order chi connectivity index (χ0) is 17.5. The molecule has 1 unspecified atom stereocenters. The van der Waals surface area contributed by atoms with Crippen LogP contribution in [0.5, 0.6) is 17.2 Å². The Morgan fingerprint density at radius 2 is 1.88 bits per heavy atom. The van der Waals surface area contributed by atoms with E-state index in [1.54, 1.807) is 44.9 Å². The maximum absolute atomic E-state index is 12.2. The fourth-order valence-electron chi connectivity index (χ4n) is 2.55. The molecule has 1 aliphatic heterocycles. The van der Waals surface area contributed by atoms with Crippen LogP contribution in [0, 0.1) is 0 Å². The lowest BCUT2D eigenvalue weighted by Gasteiger charge is -2.25. The minimum Gasteiger partial charge on any atom is -0.493 e. The number of thioether (sulfide) groups is 2. The SMILES string of the molecule is COc1cc(C2SCC(=O)N2CCSCCO)cc(OC)c1OC. The van der Waals surface area contributed by atoms with Gasteiger partial charge in [0.2, 0.25) is 11.7 Å². The summed E-state index contributed by atoms with van der Waals surface area (Å²) in [5, 5.41) is 8.79. The van der Waals surface area contributed by atoms with Crippen LogP contribution in [0.25, 0.3) is 0 Å². The maximum Gasteiger partial charge on any atom is 0.233 e. The predicted molar refractivity (Wildman–Crippen MR) is 97.4 cm³/mol. The molecule has 134 valence electrons. The summed E-state index contributed by atoms with van der Waals surface area (Å²) < 4.78 is 16.2. The van der Waals surface area contributed by atoms with Gasteiger partial charge >= 0.3 is 0 Å². The molecule has 0 radical (unpaired) electrons. The molecule has 0 spiro atoms. The molecule has 1 aromatic carbocycles. The molecule has 1 fully saturated rings. The van der Waals surface area contributed by atoms with Crippen LogP contribution in [0.4, 0.5) is 0 Å². The molecule has 0 aromatic heterocycles. The third-order valence-electron chi connectivity index (χ3n) is 3.65. The van der Waals surface area contributed by atoms with E-state index in [2.05, 4.69) is 0 Å². The van der Waals surface area contributed by atoms with Crippen LogP contribution in [0.2, 0.25) is 0 Å². The van der Waals surface area contributed by atoms with Gasteiger partial charge in [-0.3, -0.25) is 4.79 Å². The molecular weight excluding hydrogens is 350 g/mol. The van der Waals surface area contributed by atoms with E-state index in [1.165, 1.54) is 0 Å². The number of aliphatic hydroxyl groups is 1. The van der Waals surface area contributed by atoms with Crippen molar-refractivity contribution in [3.8, 4) is 17.2 Å². The van der Waals surface area contributed by atoms with Crippen molar-refractivity contribution in [2.24, 2.45) is 0 Å². The molecule has 1 atom stereocenters.